The van der Waals surface area contributed by atoms with E-state index >= 15 is 0 Å². The van der Waals surface area contributed by atoms with Crippen LogP contribution in [0.5, 0.6) is 0 Å². The molecule has 0 aliphatic carbocycles. The van der Waals surface area contributed by atoms with Gasteiger partial charge in [-0.1, -0.05) is 11.8 Å². The van der Waals surface area contributed by atoms with E-state index in [4.69, 9.17) is 4.42 Å². The van der Waals surface area contributed by atoms with Crippen LogP contribution < -0.4 is 5.56 Å². The average Bonchev–Trinajstić information content (AvgIpc) is 3.28. The quantitative estimate of drug-likeness (QED) is 0.491. The largest absolute Gasteiger partial charge is 0.415 e. The minimum atomic E-state index is -2.86. The van der Waals surface area contributed by atoms with Crippen LogP contribution in [0.4, 0.5) is 8.78 Å². The SMILES string of the molecule is Cc1nc2ccc(C#CCn3ccc(-c4nnc(C(F)F)o4)cc3=O)cc2s1. The summed E-state index contributed by atoms with van der Waals surface area (Å²) in [6.07, 6.45) is -1.35. The first-order chi connectivity index (χ1) is 13.5. The fraction of sp³-hybridized carbons (Fsp3) is 0.158. The topological polar surface area (TPSA) is 73.8 Å². The lowest BCUT2D eigenvalue weighted by Crippen LogP contribution is -2.17. The molecule has 3 aromatic heterocycles. The number of halogens is 2. The van der Waals surface area contributed by atoms with Gasteiger partial charge in [0.2, 0.25) is 5.89 Å². The maximum atomic E-state index is 12.5. The van der Waals surface area contributed by atoms with Crippen LogP contribution in [0.1, 0.15) is 22.9 Å². The van der Waals surface area contributed by atoms with Crippen LogP contribution in [-0.2, 0) is 6.54 Å². The number of pyridine rings is 1. The Balaban J connectivity index is 1.52. The third-order valence-electron chi connectivity index (χ3n) is 3.85. The Morgan fingerprint density at radius 2 is 2.11 bits per heavy atom. The van der Waals surface area contributed by atoms with E-state index in [2.05, 4.69) is 27.0 Å². The number of nitrogens with zero attached hydrogens (tertiary/aromatic N) is 4. The van der Waals surface area contributed by atoms with Gasteiger partial charge in [0.05, 0.1) is 21.8 Å². The highest BCUT2D eigenvalue weighted by Gasteiger charge is 2.17. The van der Waals surface area contributed by atoms with Crippen molar-refractivity contribution in [2.24, 2.45) is 0 Å². The van der Waals surface area contributed by atoms with Crippen molar-refractivity contribution in [3.05, 3.63) is 63.3 Å². The smallest absolute Gasteiger partial charge is 0.314 e. The van der Waals surface area contributed by atoms with Crippen molar-refractivity contribution >= 4 is 21.6 Å². The van der Waals surface area contributed by atoms with Gasteiger partial charge < -0.3 is 8.98 Å². The van der Waals surface area contributed by atoms with Gasteiger partial charge in [0.15, 0.2) is 0 Å². The molecule has 0 N–H and O–H groups in total. The number of fused-ring (bicyclic) bond motifs is 1. The van der Waals surface area contributed by atoms with E-state index in [1.807, 2.05) is 25.1 Å². The molecule has 6 nitrogen and oxygen atoms in total. The Morgan fingerprint density at radius 1 is 1.25 bits per heavy atom. The summed E-state index contributed by atoms with van der Waals surface area (Å²) in [4.78, 5) is 16.6. The molecule has 28 heavy (non-hydrogen) atoms. The molecule has 140 valence electrons. The molecule has 0 aliphatic rings. The summed E-state index contributed by atoms with van der Waals surface area (Å²) in [5.74, 6) is 5.08. The fourth-order valence-corrected chi connectivity index (χ4v) is 3.42. The third kappa shape index (κ3) is 3.68. The van der Waals surface area contributed by atoms with Crippen molar-refractivity contribution in [2.45, 2.75) is 19.9 Å². The lowest BCUT2D eigenvalue weighted by Gasteiger charge is -2.01. The predicted octanol–water partition coefficient (Wildman–Crippen LogP) is 3.81. The zero-order valence-corrected chi connectivity index (χ0v) is 15.3. The Bertz CT molecular complexity index is 1280. The average molecular weight is 398 g/mol. The van der Waals surface area contributed by atoms with E-state index in [1.165, 1.54) is 22.9 Å². The van der Waals surface area contributed by atoms with Crippen molar-refractivity contribution in [3.8, 4) is 23.3 Å². The van der Waals surface area contributed by atoms with Gasteiger partial charge in [0.1, 0.15) is 0 Å². The van der Waals surface area contributed by atoms with Crippen molar-refractivity contribution in [1.82, 2.24) is 19.7 Å². The number of alkyl halides is 2. The minimum absolute atomic E-state index is 0.126. The van der Waals surface area contributed by atoms with Gasteiger partial charge in [-0.15, -0.1) is 21.5 Å². The van der Waals surface area contributed by atoms with Gasteiger partial charge >= 0.3 is 6.43 Å². The fourth-order valence-electron chi connectivity index (χ4n) is 2.56. The number of rotatable bonds is 3. The number of benzene rings is 1. The van der Waals surface area contributed by atoms with E-state index in [1.54, 1.807) is 11.3 Å². The van der Waals surface area contributed by atoms with Crippen LogP contribution in [0, 0.1) is 18.8 Å². The van der Waals surface area contributed by atoms with Crippen LogP contribution in [0.25, 0.3) is 21.7 Å². The lowest BCUT2D eigenvalue weighted by atomic mass is 10.2. The maximum absolute atomic E-state index is 12.5. The van der Waals surface area contributed by atoms with Gasteiger partial charge in [-0.25, -0.2) is 4.98 Å². The highest BCUT2D eigenvalue weighted by molar-refractivity contribution is 7.18. The van der Waals surface area contributed by atoms with E-state index in [-0.39, 0.29) is 23.6 Å². The summed E-state index contributed by atoms with van der Waals surface area (Å²) in [7, 11) is 0. The number of hydrogen-bond donors (Lipinski definition) is 0. The Hall–Kier alpha value is -3.38. The van der Waals surface area contributed by atoms with Gasteiger partial charge in [-0.05, 0) is 31.2 Å². The van der Waals surface area contributed by atoms with Crippen molar-refractivity contribution in [3.63, 3.8) is 0 Å². The van der Waals surface area contributed by atoms with E-state index in [0.717, 1.165) is 20.8 Å². The molecule has 0 spiro atoms. The number of thiazole rings is 1. The van der Waals surface area contributed by atoms with Crippen molar-refractivity contribution in [2.75, 3.05) is 0 Å². The summed E-state index contributed by atoms with van der Waals surface area (Å²) in [6, 6.07) is 8.56. The summed E-state index contributed by atoms with van der Waals surface area (Å²) in [5.41, 5.74) is 1.71. The molecule has 0 amide bonds. The van der Waals surface area contributed by atoms with Crippen LogP contribution >= 0.6 is 11.3 Å². The van der Waals surface area contributed by atoms with Crippen LogP contribution in [-0.4, -0.2) is 19.7 Å². The Labute approximate surface area is 161 Å². The highest BCUT2D eigenvalue weighted by Crippen LogP contribution is 2.23. The number of aromatic nitrogens is 4. The third-order valence-corrected chi connectivity index (χ3v) is 4.78. The molecule has 0 radical (unpaired) electrons. The molecule has 9 heteroatoms. The molecule has 0 fully saturated rings. The number of aryl methyl sites for hydroxylation is 1. The molecule has 1 aromatic carbocycles. The van der Waals surface area contributed by atoms with Crippen molar-refractivity contribution < 1.29 is 13.2 Å². The second kappa shape index (κ2) is 7.32. The number of hydrogen-bond acceptors (Lipinski definition) is 6. The van der Waals surface area contributed by atoms with Crippen LogP contribution in [0.3, 0.4) is 0 Å². The molecular weight excluding hydrogens is 386 g/mol. The van der Waals surface area contributed by atoms with Crippen LogP contribution in [0.15, 0.2) is 45.7 Å². The van der Waals surface area contributed by atoms with Gasteiger partial charge in [-0.2, -0.15) is 8.78 Å². The molecule has 0 saturated carbocycles. The molecule has 4 aromatic rings. The summed E-state index contributed by atoms with van der Waals surface area (Å²) in [6.45, 7) is 2.14. The summed E-state index contributed by atoms with van der Waals surface area (Å²) < 4.78 is 32.4. The van der Waals surface area contributed by atoms with Crippen molar-refractivity contribution in [1.29, 1.82) is 0 Å². The Morgan fingerprint density at radius 3 is 2.86 bits per heavy atom. The zero-order chi connectivity index (χ0) is 19.7. The van der Waals surface area contributed by atoms with E-state index < -0.39 is 12.3 Å². The predicted molar refractivity (Wildman–Crippen MR) is 100 cm³/mol. The van der Waals surface area contributed by atoms with E-state index in [9.17, 15) is 13.6 Å². The first kappa shape index (κ1) is 18.0. The first-order valence-electron chi connectivity index (χ1n) is 8.18. The standard InChI is InChI=1S/C19H12F2N4O2S/c1-11-22-14-5-4-12(9-15(14)28-11)3-2-7-25-8-6-13(10-16(25)26)18-23-24-19(27-18)17(20)21/h4-6,8-10,17H,7H2,1H3. The molecule has 0 atom stereocenters. The normalized spacial score (nSPS) is 11.0. The van der Waals surface area contributed by atoms with Crippen LogP contribution in [0.2, 0.25) is 0 Å². The lowest BCUT2D eigenvalue weighted by molar-refractivity contribution is 0.116. The minimum Gasteiger partial charge on any atom is -0.415 e. The van der Waals surface area contributed by atoms with Gasteiger partial charge in [-0.3, -0.25) is 4.79 Å². The zero-order valence-electron chi connectivity index (χ0n) is 14.5. The molecule has 0 saturated heterocycles. The molecule has 3 heterocycles. The second-order valence-electron chi connectivity index (χ2n) is 5.84. The summed E-state index contributed by atoms with van der Waals surface area (Å²) >= 11 is 1.60. The molecule has 0 unspecified atom stereocenters. The molecule has 4 rings (SSSR count). The first-order valence-corrected chi connectivity index (χ1v) is 9.00. The molecular formula is C19H12F2N4O2S. The molecule has 0 aliphatic heterocycles. The van der Waals surface area contributed by atoms with E-state index in [0.29, 0.717) is 0 Å². The monoisotopic (exact) mass is 398 g/mol. The van der Waals surface area contributed by atoms with Gasteiger partial charge in [0, 0.05) is 23.4 Å². The Kier molecular flexibility index (Phi) is 4.71. The molecule has 0 bridgehead atoms. The highest BCUT2D eigenvalue weighted by atomic mass is 32.1. The summed E-state index contributed by atoms with van der Waals surface area (Å²) in [5, 5.41) is 7.77. The maximum Gasteiger partial charge on any atom is 0.314 e. The second-order valence-corrected chi connectivity index (χ2v) is 7.08. The van der Waals surface area contributed by atoms with Gasteiger partial charge in [0.25, 0.3) is 11.4 Å².